The van der Waals surface area contributed by atoms with Crippen LogP contribution in [0.4, 0.5) is 18.9 Å². The average Bonchev–Trinajstić information content (AvgIpc) is 3.26. The van der Waals surface area contributed by atoms with Crippen LogP contribution in [0.15, 0.2) is 30.9 Å². The fourth-order valence-electron chi connectivity index (χ4n) is 2.13. The molecule has 4 nitrogen and oxygen atoms in total. The van der Waals surface area contributed by atoms with Crippen molar-refractivity contribution in [2.45, 2.75) is 12.6 Å². The Morgan fingerprint density at radius 3 is 2.57 bits per heavy atom. The van der Waals surface area contributed by atoms with Crippen molar-refractivity contribution in [1.29, 1.82) is 0 Å². The second-order valence-corrected chi connectivity index (χ2v) is 5.57. The standard InChI is InChI=1S/C15H14ClF3N2O2/c1-2-5-20-13(22)9-7-10(9)14(23)21-8-3-4-12(16)11(6-8)15(17,18)19/h2-4,6,9-10H,1,5,7H2,(H,20,22)(H,21,23). The fourth-order valence-corrected chi connectivity index (χ4v) is 2.36. The number of rotatable bonds is 5. The van der Waals surface area contributed by atoms with Gasteiger partial charge >= 0.3 is 6.18 Å². The predicted octanol–water partition coefficient (Wildman–Crippen LogP) is 3.24. The Morgan fingerprint density at radius 2 is 1.96 bits per heavy atom. The van der Waals surface area contributed by atoms with Crippen LogP contribution >= 0.6 is 11.6 Å². The monoisotopic (exact) mass is 346 g/mol. The zero-order chi connectivity index (χ0) is 17.2. The van der Waals surface area contributed by atoms with E-state index in [9.17, 15) is 22.8 Å². The molecule has 0 aromatic heterocycles. The van der Waals surface area contributed by atoms with Crippen molar-refractivity contribution >= 4 is 29.1 Å². The number of alkyl halides is 3. The van der Waals surface area contributed by atoms with Crippen molar-refractivity contribution in [3.05, 3.63) is 41.4 Å². The Morgan fingerprint density at radius 1 is 1.30 bits per heavy atom. The Hall–Kier alpha value is -2.02. The number of hydrogen-bond donors (Lipinski definition) is 2. The first-order valence-electron chi connectivity index (χ1n) is 6.80. The number of hydrogen-bond acceptors (Lipinski definition) is 2. The van der Waals surface area contributed by atoms with Crippen LogP contribution in [0.25, 0.3) is 0 Å². The summed E-state index contributed by atoms with van der Waals surface area (Å²) in [6, 6.07) is 3.13. The minimum atomic E-state index is -4.61. The Kier molecular flexibility index (Phi) is 4.99. The Balaban J connectivity index is 2.00. The molecule has 0 saturated heterocycles. The van der Waals surface area contributed by atoms with Gasteiger partial charge in [-0.25, -0.2) is 0 Å². The minimum absolute atomic E-state index is 0.0103. The highest BCUT2D eigenvalue weighted by Crippen LogP contribution is 2.40. The summed E-state index contributed by atoms with van der Waals surface area (Å²) in [5.74, 6) is -1.74. The van der Waals surface area contributed by atoms with E-state index in [1.165, 1.54) is 12.1 Å². The topological polar surface area (TPSA) is 58.2 Å². The molecule has 1 aliphatic carbocycles. The summed E-state index contributed by atoms with van der Waals surface area (Å²) < 4.78 is 38.3. The maximum atomic E-state index is 12.8. The van der Waals surface area contributed by atoms with Gasteiger partial charge in [-0.3, -0.25) is 9.59 Å². The third-order valence-electron chi connectivity index (χ3n) is 3.42. The molecule has 2 N–H and O–H groups in total. The molecule has 2 atom stereocenters. The predicted molar refractivity (Wildman–Crippen MR) is 79.9 cm³/mol. The lowest BCUT2D eigenvalue weighted by Crippen LogP contribution is -2.27. The van der Waals surface area contributed by atoms with E-state index in [1.54, 1.807) is 0 Å². The van der Waals surface area contributed by atoms with E-state index in [1.807, 2.05) is 0 Å². The van der Waals surface area contributed by atoms with E-state index in [4.69, 9.17) is 11.6 Å². The third kappa shape index (κ3) is 4.25. The van der Waals surface area contributed by atoms with E-state index < -0.39 is 34.5 Å². The lowest BCUT2D eigenvalue weighted by Gasteiger charge is -2.11. The molecule has 2 amide bonds. The first-order chi connectivity index (χ1) is 10.7. The van der Waals surface area contributed by atoms with Crippen molar-refractivity contribution in [2.75, 3.05) is 11.9 Å². The normalized spacial score (nSPS) is 19.8. The number of carbonyl (C=O) groups is 2. The molecule has 0 heterocycles. The Bertz CT molecular complexity index is 646. The summed E-state index contributed by atoms with van der Waals surface area (Å²) in [4.78, 5) is 23.6. The third-order valence-corrected chi connectivity index (χ3v) is 3.75. The molecule has 23 heavy (non-hydrogen) atoms. The van der Waals surface area contributed by atoms with Crippen LogP contribution < -0.4 is 10.6 Å². The molecule has 0 aliphatic heterocycles. The van der Waals surface area contributed by atoms with Crippen molar-refractivity contribution in [3.8, 4) is 0 Å². The van der Waals surface area contributed by atoms with Gasteiger partial charge in [0.05, 0.1) is 22.4 Å². The van der Waals surface area contributed by atoms with Gasteiger partial charge in [0.1, 0.15) is 0 Å². The summed E-state index contributed by atoms with van der Waals surface area (Å²) in [7, 11) is 0. The van der Waals surface area contributed by atoms with Crippen molar-refractivity contribution in [3.63, 3.8) is 0 Å². The molecule has 0 spiro atoms. The van der Waals surface area contributed by atoms with Gasteiger partial charge in [-0.05, 0) is 24.6 Å². The quantitative estimate of drug-likeness (QED) is 0.804. The highest BCUT2D eigenvalue weighted by atomic mass is 35.5. The van der Waals surface area contributed by atoms with E-state index in [0.717, 1.165) is 12.1 Å². The number of amides is 2. The molecule has 1 saturated carbocycles. The smallest absolute Gasteiger partial charge is 0.352 e. The van der Waals surface area contributed by atoms with Gasteiger partial charge < -0.3 is 10.6 Å². The van der Waals surface area contributed by atoms with E-state index in [0.29, 0.717) is 13.0 Å². The molecule has 124 valence electrons. The van der Waals surface area contributed by atoms with Crippen LogP contribution in [-0.4, -0.2) is 18.4 Å². The van der Waals surface area contributed by atoms with Gasteiger partial charge in [0.2, 0.25) is 11.8 Å². The minimum Gasteiger partial charge on any atom is -0.352 e. The van der Waals surface area contributed by atoms with Crippen molar-refractivity contribution in [2.24, 2.45) is 11.8 Å². The lowest BCUT2D eigenvalue weighted by molar-refractivity contribution is -0.137. The highest BCUT2D eigenvalue weighted by Gasteiger charge is 2.48. The SMILES string of the molecule is C=CCNC(=O)C1CC1C(=O)Nc1ccc(Cl)c(C(F)(F)F)c1. The number of halogens is 4. The van der Waals surface area contributed by atoms with Crippen molar-refractivity contribution in [1.82, 2.24) is 5.32 Å². The number of nitrogens with one attached hydrogen (secondary N) is 2. The average molecular weight is 347 g/mol. The maximum absolute atomic E-state index is 12.8. The summed E-state index contributed by atoms with van der Waals surface area (Å²) in [5.41, 5.74) is -1.03. The molecule has 0 bridgehead atoms. The largest absolute Gasteiger partial charge is 0.417 e. The van der Waals surface area contributed by atoms with Crippen LogP contribution in [0.5, 0.6) is 0 Å². The molecule has 1 fully saturated rings. The molecule has 2 rings (SSSR count). The van der Waals surface area contributed by atoms with E-state index >= 15 is 0 Å². The molecular formula is C15H14ClF3N2O2. The van der Waals surface area contributed by atoms with Crippen LogP contribution in [0.3, 0.4) is 0 Å². The van der Waals surface area contributed by atoms with Crippen LogP contribution in [0, 0.1) is 11.8 Å². The highest BCUT2D eigenvalue weighted by molar-refractivity contribution is 6.31. The molecular weight excluding hydrogens is 333 g/mol. The zero-order valence-corrected chi connectivity index (χ0v) is 12.7. The van der Waals surface area contributed by atoms with Crippen LogP contribution in [0.2, 0.25) is 5.02 Å². The summed E-state index contributed by atoms with van der Waals surface area (Å²) >= 11 is 5.51. The van der Waals surface area contributed by atoms with Gasteiger partial charge in [-0.1, -0.05) is 17.7 Å². The van der Waals surface area contributed by atoms with Gasteiger partial charge in [-0.15, -0.1) is 6.58 Å². The number of carbonyl (C=O) groups excluding carboxylic acids is 2. The molecule has 1 aliphatic rings. The van der Waals surface area contributed by atoms with E-state index in [-0.39, 0.29) is 11.6 Å². The maximum Gasteiger partial charge on any atom is 0.417 e. The summed E-state index contributed by atoms with van der Waals surface area (Å²) in [5, 5.41) is 4.52. The van der Waals surface area contributed by atoms with Crippen molar-refractivity contribution < 1.29 is 22.8 Å². The molecule has 0 radical (unpaired) electrons. The first kappa shape index (κ1) is 17.3. The van der Waals surface area contributed by atoms with Gasteiger partial charge in [0.25, 0.3) is 0 Å². The van der Waals surface area contributed by atoms with Gasteiger partial charge in [0.15, 0.2) is 0 Å². The van der Waals surface area contributed by atoms with Crippen LogP contribution in [0.1, 0.15) is 12.0 Å². The summed E-state index contributed by atoms with van der Waals surface area (Å²) in [6.45, 7) is 3.76. The molecule has 8 heteroatoms. The molecule has 1 aromatic rings. The second kappa shape index (κ2) is 6.62. The van der Waals surface area contributed by atoms with Gasteiger partial charge in [-0.2, -0.15) is 13.2 Å². The lowest BCUT2D eigenvalue weighted by atomic mass is 10.2. The van der Waals surface area contributed by atoms with Crippen LogP contribution in [-0.2, 0) is 15.8 Å². The zero-order valence-electron chi connectivity index (χ0n) is 11.9. The first-order valence-corrected chi connectivity index (χ1v) is 7.18. The summed E-state index contributed by atoms with van der Waals surface area (Å²) in [6.07, 6.45) is -2.72. The fraction of sp³-hybridized carbons (Fsp3) is 0.333. The molecule has 2 unspecified atom stereocenters. The van der Waals surface area contributed by atoms with E-state index in [2.05, 4.69) is 17.2 Å². The second-order valence-electron chi connectivity index (χ2n) is 5.16. The number of benzene rings is 1. The van der Waals surface area contributed by atoms with Gasteiger partial charge in [0, 0.05) is 12.2 Å². The molecule has 1 aromatic carbocycles. The Labute approximate surface area is 135 Å². The number of anilines is 1.